The number of nitrogens with zero attached hydrogens (tertiary/aromatic N) is 1. The molecule has 0 saturated heterocycles. The van der Waals surface area contributed by atoms with Crippen LogP contribution in [0.3, 0.4) is 0 Å². The molecule has 112 valence electrons. The van der Waals surface area contributed by atoms with Crippen molar-refractivity contribution < 1.29 is 0 Å². The van der Waals surface area contributed by atoms with Gasteiger partial charge in [0.1, 0.15) is 0 Å². The summed E-state index contributed by atoms with van der Waals surface area (Å²) in [7, 11) is 2.27. The van der Waals surface area contributed by atoms with Crippen molar-refractivity contribution in [1.82, 2.24) is 5.32 Å². The minimum atomic E-state index is 0.531. The summed E-state index contributed by atoms with van der Waals surface area (Å²) < 4.78 is 0. The molecule has 1 aromatic carbocycles. The normalized spacial score (nSPS) is 23.1. The van der Waals surface area contributed by atoms with E-state index in [0.29, 0.717) is 12.1 Å². The van der Waals surface area contributed by atoms with E-state index < -0.39 is 0 Å². The molecule has 0 amide bonds. The number of benzene rings is 1. The van der Waals surface area contributed by atoms with Crippen molar-refractivity contribution in [1.29, 1.82) is 0 Å². The van der Waals surface area contributed by atoms with Crippen LogP contribution >= 0.6 is 0 Å². The van der Waals surface area contributed by atoms with Crippen LogP contribution in [0, 0.1) is 5.92 Å². The topological polar surface area (TPSA) is 15.3 Å². The zero-order chi connectivity index (χ0) is 14.5. The summed E-state index contributed by atoms with van der Waals surface area (Å²) in [5, 5.41) is 3.54. The van der Waals surface area contributed by atoms with Gasteiger partial charge in [0.05, 0.1) is 0 Å². The summed E-state index contributed by atoms with van der Waals surface area (Å²) in [6, 6.07) is 10.1. The molecule has 2 rings (SSSR count). The molecule has 1 aliphatic carbocycles. The highest BCUT2D eigenvalue weighted by Gasteiger charge is 2.23. The molecule has 1 aromatic rings. The van der Waals surface area contributed by atoms with E-state index in [2.05, 4.69) is 62.3 Å². The van der Waals surface area contributed by atoms with Gasteiger partial charge in [-0.3, -0.25) is 0 Å². The number of anilines is 1. The van der Waals surface area contributed by atoms with Crippen LogP contribution in [0.5, 0.6) is 0 Å². The largest absolute Gasteiger partial charge is 0.371 e. The Labute approximate surface area is 124 Å². The van der Waals surface area contributed by atoms with Crippen molar-refractivity contribution in [2.24, 2.45) is 5.92 Å². The fourth-order valence-electron chi connectivity index (χ4n) is 3.27. The zero-order valence-electron chi connectivity index (χ0n) is 13.5. The van der Waals surface area contributed by atoms with Crippen molar-refractivity contribution in [2.75, 3.05) is 11.9 Å². The molecule has 0 radical (unpaired) electrons. The predicted octanol–water partition coefficient (Wildman–Crippen LogP) is 4.20. The molecule has 1 saturated carbocycles. The van der Waals surface area contributed by atoms with Gasteiger partial charge < -0.3 is 10.2 Å². The Morgan fingerprint density at radius 2 is 2.00 bits per heavy atom. The lowest BCUT2D eigenvalue weighted by Gasteiger charge is -2.36. The summed E-state index contributed by atoms with van der Waals surface area (Å²) in [6.45, 7) is 7.76. The number of rotatable bonds is 5. The quantitative estimate of drug-likeness (QED) is 0.865. The lowest BCUT2D eigenvalue weighted by atomic mass is 9.86. The van der Waals surface area contributed by atoms with E-state index in [4.69, 9.17) is 0 Å². The van der Waals surface area contributed by atoms with Crippen LogP contribution in [0.1, 0.15) is 52.0 Å². The van der Waals surface area contributed by atoms with E-state index in [0.717, 1.165) is 12.5 Å². The molecular formula is C18H30N2. The standard InChI is InChI=1S/C18H30N2/c1-14(2)19-13-16-9-5-6-11-18(16)20(4)17-10-7-8-15(3)12-17/h5-6,9,11,14-15,17,19H,7-8,10,12-13H2,1-4H3. The molecule has 2 nitrogen and oxygen atoms in total. The Bertz CT molecular complexity index is 414. The maximum absolute atomic E-state index is 3.54. The Balaban J connectivity index is 2.10. The van der Waals surface area contributed by atoms with Crippen molar-refractivity contribution in [2.45, 2.75) is 65.1 Å². The molecule has 2 heteroatoms. The SMILES string of the molecule is CC1CCCC(N(C)c2ccccc2CNC(C)C)C1. The molecule has 1 fully saturated rings. The maximum Gasteiger partial charge on any atom is 0.0411 e. The Morgan fingerprint density at radius 1 is 1.25 bits per heavy atom. The second-order valence-electron chi connectivity index (χ2n) is 6.70. The molecule has 20 heavy (non-hydrogen) atoms. The number of para-hydroxylation sites is 1. The fourth-order valence-corrected chi connectivity index (χ4v) is 3.27. The molecule has 2 atom stereocenters. The average Bonchev–Trinajstić information content (AvgIpc) is 2.44. The lowest BCUT2D eigenvalue weighted by Crippen LogP contribution is -2.36. The highest BCUT2D eigenvalue weighted by atomic mass is 15.1. The van der Waals surface area contributed by atoms with Crippen LogP contribution < -0.4 is 10.2 Å². The third kappa shape index (κ3) is 3.99. The Kier molecular flexibility index (Phi) is 5.47. The van der Waals surface area contributed by atoms with Gasteiger partial charge in [-0.1, -0.05) is 51.8 Å². The highest BCUT2D eigenvalue weighted by Crippen LogP contribution is 2.31. The minimum Gasteiger partial charge on any atom is -0.371 e. The molecule has 0 spiro atoms. The monoisotopic (exact) mass is 274 g/mol. The second kappa shape index (κ2) is 7.12. The minimum absolute atomic E-state index is 0.531. The van der Waals surface area contributed by atoms with Crippen molar-refractivity contribution in [3.8, 4) is 0 Å². The Morgan fingerprint density at radius 3 is 2.70 bits per heavy atom. The van der Waals surface area contributed by atoms with E-state index in [9.17, 15) is 0 Å². The van der Waals surface area contributed by atoms with E-state index in [-0.39, 0.29) is 0 Å². The highest BCUT2D eigenvalue weighted by molar-refractivity contribution is 5.54. The van der Waals surface area contributed by atoms with Gasteiger partial charge in [-0.15, -0.1) is 0 Å². The predicted molar refractivity (Wildman–Crippen MR) is 88.2 cm³/mol. The number of hydrogen-bond acceptors (Lipinski definition) is 2. The van der Waals surface area contributed by atoms with E-state index in [1.807, 2.05) is 0 Å². The van der Waals surface area contributed by atoms with Crippen molar-refractivity contribution in [3.05, 3.63) is 29.8 Å². The van der Waals surface area contributed by atoms with Gasteiger partial charge in [0.2, 0.25) is 0 Å². The van der Waals surface area contributed by atoms with Crippen LogP contribution in [0.2, 0.25) is 0 Å². The molecular weight excluding hydrogens is 244 g/mol. The summed E-state index contributed by atoms with van der Waals surface area (Å²) in [5.74, 6) is 0.872. The van der Waals surface area contributed by atoms with Crippen LogP contribution in [0.15, 0.2) is 24.3 Å². The van der Waals surface area contributed by atoms with Gasteiger partial charge in [0.15, 0.2) is 0 Å². The first-order valence-corrected chi connectivity index (χ1v) is 8.12. The molecule has 1 aliphatic rings. The van der Waals surface area contributed by atoms with Crippen LogP contribution in [0.25, 0.3) is 0 Å². The van der Waals surface area contributed by atoms with E-state index in [1.165, 1.54) is 36.9 Å². The van der Waals surface area contributed by atoms with Gasteiger partial charge in [-0.2, -0.15) is 0 Å². The van der Waals surface area contributed by atoms with E-state index in [1.54, 1.807) is 0 Å². The smallest absolute Gasteiger partial charge is 0.0411 e. The van der Waals surface area contributed by atoms with Gasteiger partial charge >= 0.3 is 0 Å². The fraction of sp³-hybridized carbons (Fsp3) is 0.667. The molecule has 0 aromatic heterocycles. The Hall–Kier alpha value is -1.02. The van der Waals surface area contributed by atoms with Crippen molar-refractivity contribution >= 4 is 5.69 Å². The first kappa shape index (κ1) is 15.4. The van der Waals surface area contributed by atoms with E-state index >= 15 is 0 Å². The van der Waals surface area contributed by atoms with Crippen LogP contribution in [-0.4, -0.2) is 19.1 Å². The lowest BCUT2D eigenvalue weighted by molar-refractivity contribution is 0.336. The molecule has 0 bridgehead atoms. The number of nitrogens with one attached hydrogen (secondary N) is 1. The van der Waals surface area contributed by atoms with Crippen LogP contribution in [0.4, 0.5) is 5.69 Å². The zero-order valence-corrected chi connectivity index (χ0v) is 13.5. The first-order chi connectivity index (χ1) is 9.58. The third-order valence-electron chi connectivity index (χ3n) is 4.53. The summed E-state index contributed by atoms with van der Waals surface area (Å²) >= 11 is 0. The molecule has 0 heterocycles. The second-order valence-corrected chi connectivity index (χ2v) is 6.70. The average molecular weight is 274 g/mol. The first-order valence-electron chi connectivity index (χ1n) is 8.12. The molecule has 2 unspecified atom stereocenters. The summed E-state index contributed by atoms with van der Waals surface area (Å²) in [6.07, 6.45) is 5.46. The van der Waals surface area contributed by atoms with Gasteiger partial charge in [-0.05, 0) is 30.4 Å². The summed E-state index contributed by atoms with van der Waals surface area (Å²) in [5.41, 5.74) is 2.82. The molecule has 1 N–H and O–H groups in total. The van der Waals surface area contributed by atoms with Gasteiger partial charge in [-0.25, -0.2) is 0 Å². The van der Waals surface area contributed by atoms with Gasteiger partial charge in [0.25, 0.3) is 0 Å². The molecule has 0 aliphatic heterocycles. The van der Waals surface area contributed by atoms with Gasteiger partial charge in [0, 0.05) is 31.4 Å². The third-order valence-corrected chi connectivity index (χ3v) is 4.53. The number of hydrogen-bond donors (Lipinski definition) is 1. The van der Waals surface area contributed by atoms with Crippen LogP contribution in [-0.2, 0) is 6.54 Å². The van der Waals surface area contributed by atoms with Crippen molar-refractivity contribution in [3.63, 3.8) is 0 Å². The summed E-state index contributed by atoms with van der Waals surface area (Å²) in [4.78, 5) is 2.52. The maximum atomic E-state index is 3.54.